The van der Waals surface area contributed by atoms with Crippen molar-refractivity contribution in [3.63, 3.8) is 0 Å². The maximum atomic E-state index is 6.33. The molecule has 0 N–H and O–H groups in total. The van der Waals surface area contributed by atoms with Gasteiger partial charge in [0.1, 0.15) is 11.3 Å². The molecule has 0 unspecified atom stereocenters. The number of rotatable bonds is 3. The lowest BCUT2D eigenvalue weighted by atomic mass is 10.2. The third-order valence-electron chi connectivity index (χ3n) is 3.99. The number of anilines is 3. The highest BCUT2D eigenvalue weighted by Gasteiger charge is 2.27. The smallest absolute Gasteiger partial charge is 0.147 e. The largest absolute Gasteiger partial charge is 0.341 e. The van der Waals surface area contributed by atoms with E-state index in [1.165, 1.54) is 0 Å². The van der Waals surface area contributed by atoms with E-state index in [0.29, 0.717) is 0 Å². The minimum Gasteiger partial charge on any atom is -0.341 e. The fourth-order valence-corrected chi connectivity index (χ4v) is 3.26. The Morgan fingerprint density at radius 3 is 2.42 bits per heavy atom. The molecule has 2 aromatic carbocycles. The summed E-state index contributed by atoms with van der Waals surface area (Å²) >= 11 is 9.72. The molecule has 0 atom stereocenters. The zero-order chi connectivity index (χ0) is 16.5. The summed E-state index contributed by atoms with van der Waals surface area (Å²) in [6, 6.07) is 20.3. The molecule has 0 amide bonds. The minimum absolute atomic E-state index is 0.719. The normalized spacial score (nSPS) is 13.2. The van der Waals surface area contributed by atoms with E-state index in [1.807, 2.05) is 42.6 Å². The van der Waals surface area contributed by atoms with Crippen LogP contribution in [0.3, 0.4) is 0 Å². The third kappa shape index (κ3) is 2.87. The van der Waals surface area contributed by atoms with Crippen LogP contribution in [0.5, 0.6) is 0 Å². The molecular formula is C19H14BrClN3. The third-order valence-corrected chi connectivity index (χ3v) is 4.83. The molecule has 1 aromatic heterocycles. The molecule has 0 saturated carbocycles. The molecule has 0 aliphatic carbocycles. The number of halogens is 2. The second-order valence-corrected chi connectivity index (χ2v) is 6.75. The van der Waals surface area contributed by atoms with Crippen LogP contribution < -0.4 is 9.80 Å². The lowest BCUT2D eigenvalue weighted by Crippen LogP contribution is -2.21. The number of aromatic nitrogens is 1. The van der Waals surface area contributed by atoms with E-state index >= 15 is 0 Å². The first-order valence-electron chi connectivity index (χ1n) is 7.57. The Balaban J connectivity index is 1.68. The van der Waals surface area contributed by atoms with E-state index in [-0.39, 0.29) is 0 Å². The molecule has 3 nitrogen and oxygen atoms in total. The van der Waals surface area contributed by atoms with E-state index in [9.17, 15) is 0 Å². The van der Waals surface area contributed by atoms with Gasteiger partial charge in [-0.15, -0.1) is 0 Å². The Hall–Kier alpha value is -2.04. The van der Waals surface area contributed by atoms with Gasteiger partial charge in [0.25, 0.3) is 0 Å². The summed E-state index contributed by atoms with van der Waals surface area (Å²) in [7, 11) is 0. The van der Waals surface area contributed by atoms with Gasteiger partial charge in [0.2, 0.25) is 0 Å². The fraction of sp³-hybridized carbons (Fsp3) is 0.0526. The highest BCUT2D eigenvalue weighted by Crippen LogP contribution is 2.43. The molecule has 4 rings (SSSR count). The van der Waals surface area contributed by atoms with Crippen molar-refractivity contribution >= 4 is 44.6 Å². The predicted molar refractivity (Wildman–Crippen MR) is 102 cm³/mol. The molecule has 1 aliphatic rings. The van der Waals surface area contributed by atoms with Gasteiger partial charge >= 0.3 is 0 Å². The first kappa shape index (κ1) is 15.5. The van der Waals surface area contributed by atoms with Crippen molar-refractivity contribution in [2.45, 2.75) is 6.54 Å². The lowest BCUT2D eigenvalue weighted by Gasteiger charge is -2.21. The van der Waals surface area contributed by atoms with Gasteiger partial charge in [-0.25, -0.2) is 4.98 Å². The average molecular weight is 400 g/mol. The van der Waals surface area contributed by atoms with Crippen LogP contribution in [0.15, 0.2) is 71.5 Å². The number of para-hydroxylation sites is 2. The summed E-state index contributed by atoms with van der Waals surface area (Å²) in [6.07, 6.45) is 1.86. The molecule has 1 radical (unpaired) electrons. The van der Waals surface area contributed by atoms with E-state index in [1.54, 1.807) is 0 Å². The monoisotopic (exact) mass is 398 g/mol. The standard InChI is InChI=1S/C19H14BrClN3/c20-19-10-9-15(11-22-19)24-13-23(17-7-3-4-8-18(17)24)12-14-5-1-2-6-16(14)21/h1-11,13H,12H2. The van der Waals surface area contributed by atoms with Crippen LogP contribution in [0.25, 0.3) is 0 Å². The van der Waals surface area contributed by atoms with Crippen molar-refractivity contribution in [1.82, 2.24) is 4.98 Å². The van der Waals surface area contributed by atoms with Gasteiger partial charge in [-0.2, -0.15) is 0 Å². The zero-order valence-electron chi connectivity index (χ0n) is 12.7. The van der Waals surface area contributed by atoms with Crippen molar-refractivity contribution in [2.75, 3.05) is 9.80 Å². The topological polar surface area (TPSA) is 19.4 Å². The van der Waals surface area contributed by atoms with Crippen molar-refractivity contribution < 1.29 is 0 Å². The maximum absolute atomic E-state index is 6.33. The minimum atomic E-state index is 0.719. The first-order valence-corrected chi connectivity index (χ1v) is 8.74. The SMILES string of the molecule is Clc1ccccc1CN1[CH]N(c2ccc(Br)nc2)c2ccccc21. The summed E-state index contributed by atoms with van der Waals surface area (Å²) in [5, 5.41) is 0.784. The molecule has 119 valence electrons. The van der Waals surface area contributed by atoms with E-state index in [0.717, 1.165) is 38.8 Å². The number of hydrogen-bond donors (Lipinski definition) is 0. The van der Waals surface area contributed by atoms with E-state index in [4.69, 9.17) is 11.6 Å². The molecule has 0 saturated heterocycles. The van der Waals surface area contributed by atoms with Crippen LogP contribution in [-0.4, -0.2) is 4.98 Å². The highest BCUT2D eigenvalue weighted by atomic mass is 79.9. The lowest BCUT2D eigenvalue weighted by molar-refractivity contribution is 0.915. The van der Waals surface area contributed by atoms with Gasteiger partial charge in [0.05, 0.1) is 23.3 Å². The van der Waals surface area contributed by atoms with Crippen LogP contribution in [0.4, 0.5) is 17.1 Å². The van der Waals surface area contributed by atoms with E-state index < -0.39 is 0 Å². The molecule has 2 heterocycles. The molecule has 5 heteroatoms. The summed E-state index contributed by atoms with van der Waals surface area (Å²) in [5.41, 5.74) is 4.40. The van der Waals surface area contributed by atoms with Gasteiger partial charge in [-0.1, -0.05) is 41.9 Å². The summed E-state index contributed by atoms with van der Waals surface area (Å²) in [6.45, 7) is 2.82. The number of hydrogen-bond acceptors (Lipinski definition) is 3. The Bertz CT molecular complexity index is 866. The highest BCUT2D eigenvalue weighted by molar-refractivity contribution is 9.10. The fourth-order valence-electron chi connectivity index (χ4n) is 2.83. The van der Waals surface area contributed by atoms with Gasteiger partial charge in [0, 0.05) is 11.6 Å². The van der Waals surface area contributed by atoms with Gasteiger partial charge < -0.3 is 9.80 Å². The average Bonchev–Trinajstić information content (AvgIpc) is 2.97. The van der Waals surface area contributed by atoms with Crippen LogP contribution in [0.2, 0.25) is 5.02 Å². The van der Waals surface area contributed by atoms with Gasteiger partial charge in [-0.3, -0.25) is 0 Å². The van der Waals surface area contributed by atoms with E-state index in [2.05, 4.69) is 61.6 Å². The van der Waals surface area contributed by atoms with Crippen LogP contribution in [0.1, 0.15) is 5.56 Å². The van der Waals surface area contributed by atoms with Crippen molar-refractivity contribution in [1.29, 1.82) is 0 Å². The second kappa shape index (κ2) is 6.46. The quantitative estimate of drug-likeness (QED) is 0.521. The molecule has 0 fully saturated rings. The van der Waals surface area contributed by atoms with Crippen LogP contribution >= 0.6 is 27.5 Å². The van der Waals surface area contributed by atoms with Crippen LogP contribution in [-0.2, 0) is 6.54 Å². The summed E-state index contributed by atoms with van der Waals surface area (Å²) in [4.78, 5) is 8.69. The van der Waals surface area contributed by atoms with Gasteiger partial charge in [0.15, 0.2) is 0 Å². The van der Waals surface area contributed by atoms with Crippen molar-refractivity contribution in [2.24, 2.45) is 0 Å². The Morgan fingerprint density at radius 2 is 1.67 bits per heavy atom. The Kier molecular flexibility index (Phi) is 4.17. The Labute approximate surface area is 154 Å². The summed E-state index contributed by atoms with van der Waals surface area (Å²) in [5.74, 6) is 0. The molecule has 24 heavy (non-hydrogen) atoms. The molecule has 1 aliphatic heterocycles. The number of pyridine rings is 1. The molecule has 0 spiro atoms. The number of fused-ring (bicyclic) bond motifs is 1. The zero-order valence-corrected chi connectivity index (χ0v) is 15.1. The number of nitrogens with zero attached hydrogens (tertiary/aromatic N) is 3. The Morgan fingerprint density at radius 1 is 0.917 bits per heavy atom. The van der Waals surface area contributed by atoms with Gasteiger partial charge in [-0.05, 0) is 51.8 Å². The maximum Gasteiger partial charge on any atom is 0.147 e. The van der Waals surface area contributed by atoms with Crippen molar-refractivity contribution in [3.8, 4) is 0 Å². The molecule has 3 aromatic rings. The summed E-state index contributed by atoms with van der Waals surface area (Å²) < 4.78 is 0.826. The van der Waals surface area contributed by atoms with Crippen LogP contribution in [0, 0.1) is 6.67 Å². The first-order chi connectivity index (χ1) is 11.7. The number of benzene rings is 2. The molecule has 0 bridgehead atoms. The van der Waals surface area contributed by atoms with Crippen molar-refractivity contribution in [3.05, 3.63) is 88.7 Å². The predicted octanol–water partition coefficient (Wildman–Crippen LogP) is 5.78. The molecular weight excluding hydrogens is 386 g/mol. The second-order valence-electron chi connectivity index (χ2n) is 5.53.